The fourth-order valence-corrected chi connectivity index (χ4v) is 2.43. The van der Waals surface area contributed by atoms with Crippen LogP contribution in [0.5, 0.6) is 0 Å². The highest BCUT2D eigenvalue weighted by atomic mass is 19.4. The number of hydrogen-bond donors (Lipinski definition) is 2. The number of carbonyl (C=O) groups is 2. The molecule has 1 aromatic carbocycles. The molecule has 0 unspecified atom stereocenters. The third kappa shape index (κ3) is 4.41. The highest BCUT2D eigenvalue weighted by molar-refractivity contribution is 5.94. The quantitative estimate of drug-likeness (QED) is 0.818. The van der Waals surface area contributed by atoms with Crippen molar-refractivity contribution in [2.24, 2.45) is 0 Å². The minimum absolute atomic E-state index is 0.0237. The van der Waals surface area contributed by atoms with Crippen LogP contribution in [-0.2, 0) is 11.0 Å². The zero-order valence-electron chi connectivity index (χ0n) is 14.2. The van der Waals surface area contributed by atoms with E-state index in [0.717, 1.165) is 12.1 Å². The summed E-state index contributed by atoms with van der Waals surface area (Å²) in [5.41, 5.74) is -0.148. The molecule has 0 saturated heterocycles. The van der Waals surface area contributed by atoms with E-state index in [1.807, 2.05) is 0 Å². The summed E-state index contributed by atoms with van der Waals surface area (Å²) in [6.07, 6.45) is -4.68. The second-order valence-electron chi connectivity index (χ2n) is 5.67. The number of alkyl halides is 3. The Hall–Kier alpha value is -2.84. The van der Waals surface area contributed by atoms with Crippen molar-refractivity contribution in [2.45, 2.75) is 26.4 Å². The van der Waals surface area contributed by atoms with E-state index in [-0.39, 0.29) is 36.6 Å². The number of halogens is 3. The number of nitrogens with zero attached hydrogens (tertiary/aromatic N) is 2. The summed E-state index contributed by atoms with van der Waals surface area (Å²) in [7, 11) is 0. The predicted molar refractivity (Wildman–Crippen MR) is 87.6 cm³/mol. The first kappa shape index (κ1) is 19.5. The van der Waals surface area contributed by atoms with Crippen LogP contribution < -0.4 is 0 Å². The number of nitrogens with one attached hydrogen (secondary N) is 1. The number of carbonyl (C=O) groups excluding carboxylic acids is 1. The van der Waals surface area contributed by atoms with Crippen LogP contribution in [0.4, 0.5) is 13.2 Å². The van der Waals surface area contributed by atoms with Crippen molar-refractivity contribution in [3.63, 3.8) is 0 Å². The molecule has 2 aromatic rings. The average Bonchev–Trinajstić information content (AvgIpc) is 2.96. The standard InChI is InChI=1S/C17H18F3N3O3/c1-3-23(8-7-13(24)25)16(26)14-10(2)21-15(22-14)11-5-4-6-12(9-11)17(18,19)20/h4-6,9H,3,7-8H2,1-2H3,(H,21,22)(H,24,25). The smallest absolute Gasteiger partial charge is 0.416 e. The minimum atomic E-state index is -4.48. The summed E-state index contributed by atoms with van der Waals surface area (Å²) in [6.45, 7) is 3.60. The molecule has 26 heavy (non-hydrogen) atoms. The number of carboxylic acids is 1. The number of carboxylic acid groups (broad SMARTS) is 1. The van der Waals surface area contributed by atoms with Gasteiger partial charge in [0.1, 0.15) is 11.5 Å². The van der Waals surface area contributed by atoms with Gasteiger partial charge in [0.05, 0.1) is 12.0 Å². The third-order valence-electron chi connectivity index (χ3n) is 3.82. The third-order valence-corrected chi connectivity index (χ3v) is 3.82. The molecule has 0 saturated carbocycles. The minimum Gasteiger partial charge on any atom is -0.481 e. The Labute approximate surface area is 147 Å². The first-order valence-corrected chi connectivity index (χ1v) is 7.88. The second kappa shape index (κ2) is 7.59. The first-order valence-electron chi connectivity index (χ1n) is 7.88. The van der Waals surface area contributed by atoms with Crippen molar-refractivity contribution in [3.8, 4) is 11.4 Å². The van der Waals surface area contributed by atoms with Gasteiger partial charge >= 0.3 is 12.1 Å². The van der Waals surface area contributed by atoms with Gasteiger partial charge in [-0.2, -0.15) is 13.2 Å². The number of hydrogen-bond acceptors (Lipinski definition) is 3. The number of imidazole rings is 1. The maximum absolute atomic E-state index is 12.9. The van der Waals surface area contributed by atoms with Crippen molar-refractivity contribution < 1.29 is 27.9 Å². The molecular formula is C17H18F3N3O3. The molecule has 6 nitrogen and oxygen atoms in total. The average molecular weight is 369 g/mol. The van der Waals surface area contributed by atoms with Crippen molar-refractivity contribution >= 4 is 11.9 Å². The molecule has 2 N–H and O–H groups in total. The molecule has 0 aliphatic heterocycles. The van der Waals surface area contributed by atoms with Crippen LogP contribution in [0.15, 0.2) is 24.3 Å². The summed E-state index contributed by atoms with van der Waals surface area (Å²) in [4.78, 5) is 31.5. The van der Waals surface area contributed by atoms with E-state index >= 15 is 0 Å². The zero-order chi connectivity index (χ0) is 19.5. The van der Waals surface area contributed by atoms with Crippen LogP contribution >= 0.6 is 0 Å². The Balaban J connectivity index is 2.31. The Morgan fingerprint density at radius 2 is 2.00 bits per heavy atom. The molecule has 0 atom stereocenters. The summed E-state index contributed by atoms with van der Waals surface area (Å²) in [6, 6.07) is 4.64. The Kier molecular flexibility index (Phi) is 5.69. The van der Waals surface area contributed by atoms with E-state index in [1.54, 1.807) is 13.8 Å². The van der Waals surface area contributed by atoms with Crippen LogP contribution in [0.3, 0.4) is 0 Å². The van der Waals surface area contributed by atoms with Gasteiger partial charge in [0.2, 0.25) is 0 Å². The number of amides is 1. The SMILES string of the molecule is CCN(CCC(=O)O)C(=O)c1nc(-c2cccc(C(F)(F)F)c2)[nH]c1C. The van der Waals surface area contributed by atoms with Gasteiger partial charge in [-0.15, -0.1) is 0 Å². The van der Waals surface area contributed by atoms with Gasteiger partial charge in [-0.3, -0.25) is 9.59 Å². The van der Waals surface area contributed by atoms with Crippen molar-refractivity contribution in [2.75, 3.05) is 13.1 Å². The highest BCUT2D eigenvalue weighted by Crippen LogP contribution is 2.31. The number of rotatable bonds is 6. The number of H-pyrrole nitrogens is 1. The molecule has 1 aromatic heterocycles. The van der Waals surface area contributed by atoms with E-state index < -0.39 is 23.6 Å². The summed E-state index contributed by atoms with van der Waals surface area (Å²) in [5, 5.41) is 8.76. The molecule has 1 amide bonds. The second-order valence-corrected chi connectivity index (χ2v) is 5.67. The van der Waals surface area contributed by atoms with Gasteiger partial charge in [0, 0.05) is 24.3 Å². The number of benzene rings is 1. The predicted octanol–water partition coefficient (Wildman–Crippen LogP) is 3.34. The van der Waals surface area contributed by atoms with Gasteiger partial charge in [-0.1, -0.05) is 12.1 Å². The van der Waals surface area contributed by atoms with E-state index in [4.69, 9.17) is 5.11 Å². The van der Waals surface area contributed by atoms with E-state index in [0.29, 0.717) is 5.69 Å². The molecule has 140 valence electrons. The number of aryl methyl sites for hydroxylation is 1. The number of aliphatic carboxylic acids is 1. The first-order chi connectivity index (χ1) is 12.1. The summed E-state index contributed by atoms with van der Waals surface area (Å²) < 4.78 is 38.6. The van der Waals surface area contributed by atoms with Gasteiger partial charge in [-0.25, -0.2) is 4.98 Å². The van der Waals surface area contributed by atoms with Crippen LogP contribution in [-0.4, -0.2) is 44.9 Å². The molecule has 9 heteroatoms. The van der Waals surface area contributed by atoms with Crippen molar-refractivity contribution in [3.05, 3.63) is 41.2 Å². The molecule has 1 heterocycles. The normalized spacial score (nSPS) is 11.4. The van der Waals surface area contributed by atoms with Crippen LogP contribution in [0, 0.1) is 6.92 Å². The van der Waals surface area contributed by atoms with Crippen LogP contribution in [0.1, 0.15) is 35.1 Å². The lowest BCUT2D eigenvalue weighted by Crippen LogP contribution is -2.33. The lowest BCUT2D eigenvalue weighted by molar-refractivity contribution is -0.138. The number of aromatic amines is 1. The lowest BCUT2D eigenvalue weighted by atomic mass is 10.1. The molecule has 0 aliphatic rings. The fraction of sp³-hybridized carbons (Fsp3) is 0.353. The Bertz CT molecular complexity index is 815. The topological polar surface area (TPSA) is 86.3 Å². The van der Waals surface area contributed by atoms with E-state index in [1.165, 1.54) is 17.0 Å². The van der Waals surface area contributed by atoms with E-state index in [2.05, 4.69) is 9.97 Å². The molecule has 0 radical (unpaired) electrons. The molecule has 0 bridgehead atoms. The maximum atomic E-state index is 12.9. The zero-order valence-corrected chi connectivity index (χ0v) is 14.2. The molecular weight excluding hydrogens is 351 g/mol. The van der Waals surface area contributed by atoms with E-state index in [9.17, 15) is 22.8 Å². The molecule has 0 fully saturated rings. The fourth-order valence-electron chi connectivity index (χ4n) is 2.43. The lowest BCUT2D eigenvalue weighted by Gasteiger charge is -2.19. The Morgan fingerprint density at radius 1 is 1.31 bits per heavy atom. The van der Waals surface area contributed by atoms with Gasteiger partial charge < -0.3 is 15.0 Å². The summed E-state index contributed by atoms with van der Waals surface area (Å²) >= 11 is 0. The highest BCUT2D eigenvalue weighted by Gasteiger charge is 2.31. The number of aromatic nitrogens is 2. The van der Waals surface area contributed by atoms with Crippen LogP contribution in [0.25, 0.3) is 11.4 Å². The monoisotopic (exact) mass is 369 g/mol. The molecule has 0 aliphatic carbocycles. The van der Waals surface area contributed by atoms with Crippen LogP contribution in [0.2, 0.25) is 0 Å². The Morgan fingerprint density at radius 3 is 2.58 bits per heavy atom. The van der Waals surface area contributed by atoms with Gasteiger partial charge in [0.25, 0.3) is 5.91 Å². The maximum Gasteiger partial charge on any atom is 0.416 e. The molecule has 0 spiro atoms. The van der Waals surface area contributed by atoms with Crippen molar-refractivity contribution in [1.29, 1.82) is 0 Å². The summed E-state index contributed by atoms with van der Waals surface area (Å²) in [5.74, 6) is -1.35. The van der Waals surface area contributed by atoms with Gasteiger partial charge in [0.15, 0.2) is 0 Å². The van der Waals surface area contributed by atoms with Gasteiger partial charge in [-0.05, 0) is 26.0 Å². The molecule has 2 rings (SSSR count). The van der Waals surface area contributed by atoms with Crippen molar-refractivity contribution in [1.82, 2.24) is 14.9 Å². The largest absolute Gasteiger partial charge is 0.481 e.